The quantitative estimate of drug-likeness (QED) is 0.743. The monoisotopic (exact) mass is 221 g/mol. The SMILES string of the molecule is Cc1cccc(CNCCN(C)C(C)C)n1. The van der Waals surface area contributed by atoms with Crippen molar-refractivity contribution in [2.24, 2.45) is 0 Å². The molecule has 16 heavy (non-hydrogen) atoms. The molecule has 1 rings (SSSR count). The van der Waals surface area contributed by atoms with Gasteiger partial charge in [-0.05, 0) is 40.0 Å². The minimum Gasteiger partial charge on any atom is -0.310 e. The van der Waals surface area contributed by atoms with Crippen LogP contribution in [0.3, 0.4) is 0 Å². The van der Waals surface area contributed by atoms with E-state index >= 15 is 0 Å². The summed E-state index contributed by atoms with van der Waals surface area (Å²) in [7, 11) is 2.15. The lowest BCUT2D eigenvalue weighted by atomic mass is 10.3. The summed E-state index contributed by atoms with van der Waals surface area (Å²) >= 11 is 0. The molecule has 0 spiro atoms. The van der Waals surface area contributed by atoms with E-state index < -0.39 is 0 Å². The van der Waals surface area contributed by atoms with E-state index in [0.717, 1.165) is 31.0 Å². The van der Waals surface area contributed by atoms with Gasteiger partial charge in [-0.3, -0.25) is 4.98 Å². The molecule has 3 nitrogen and oxygen atoms in total. The number of nitrogens with zero attached hydrogens (tertiary/aromatic N) is 2. The fourth-order valence-electron chi connectivity index (χ4n) is 1.43. The number of nitrogens with one attached hydrogen (secondary N) is 1. The van der Waals surface area contributed by atoms with Crippen LogP contribution in [-0.4, -0.2) is 36.1 Å². The molecule has 0 unspecified atom stereocenters. The highest BCUT2D eigenvalue weighted by Gasteiger charge is 2.01. The molecular weight excluding hydrogens is 198 g/mol. The van der Waals surface area contributed by atoms with E-state index in [1.165, 1.54) is 0 Å². The van der Waals surface area contributed by atoms with Gasteiger partial charge < -0.3 is 10.2 Å². The minimum absolute atomic E-state index is 0.610. The maximum atomic E-state index is 4.45. The van der Waals surface area contributed by atoms with Gasteiger partial charge in [-0.15, -0.1) is 0 Å². The second kappa shape index (κ2) is 6.61. The van der Waals surface area contributed by atoms with E-state index in [0.29, 0.717) is 6.04 Å². The largest absolute Gasteiger partial charge is 0.310 e. The molecule has 0 saturated heterocycles. The van der Waals surface area contributed by atoms with Gasteiger partial charge in [0.25, 0.3) is 0 Å². The second-order valence-electron chi connectivity index (χ2n) is 4.52. The lowest BCUT2D eigenvalue weighted by Gasteiger charge is -2.20. The molecule has 0 bridgehead atoms. The summed E-state index contributed by atoms with van der Waals surface area (Å²) in [6.07, 6.45) is 0. The van der Waals surface area contributed by atoms with Gasteiger partial charge in [-0.2, -0.15) is 0 Å². The van der Waals surface area contributed by atoms with Gasteiger partial charge in [-0.1, -0.05) is 6.07 Å². The van der Waals surface area contributed by atoms with Gasteiger partial charge in [-0.25, -0.2) is 0 Å². The summed E-state index contributed by atoms with van der Waals surface area (Å²) in [6, 6.07) is 6.75. The van der Waals surface area contributed by atoms with Crippen molar-refractivity contribution in [1.29, 1.82) is 0 Å². The van der Waals surface area contributed by atoms with Crippen LogP contribution in [0.2, 0.25) is 0 Å². The summed E-state index contributed by atoms with van der Waals surface area (Å²) in [4.78, 5) is 6.78. The predicted molar refractivity (Wildman–Crippen MR) is 68.4 cm³/mol. The van der Waals surface area contributed by atoms with Crippen molar-refractivity contribution in [3.05, 3.63) is 29.6 Å². The van der Waals surface area contributed by atoms with Crippen LogP contribution in [0.4, 0.5) is 0 Å². The lowest BCUT2D eigenvalue weighted by Crippen LogP contribution is -2.33. The molecule has 0 aliphatic rings. The Balaban J connectivity index is 2.21. The average Bonchev–Trinajstić information content (AvgIpc) is 2.24. The van der Waals surface area contributed by atoms with Crippen molar-refractivity contribution in [3.8, 4) is 0 Å². The number of pyridine rings is 1. The zero-order chi connectivity index (χ0) is 12.0. The van der Waals surface area contributed by atoms with E-state index in [2.05, 4.69) is 48.2 Å². The van der Waals surface area contributed by atoms with Gasteiger partial charge in [0.15, 0.2) is 0 Å². The van der Waals surface area contributed by atoms with Crippen LogP contribution in [-0.2, 0) is 6.54 Å². The summed E-state index contributed by atoms with van der Waals surface area (Å²) in [6.45, 7) is 9.38. The molecule has 0 aromatic carbocycles. The highest BCUT2D eigenvalue weighted by atomic mass is 15.1. The number of hydrogen-bond donors (Lipinski definition) is 1. The molecule has 3 heteroatoms. The number of likely N-dealkylation sites (N-methyl/N-ethyl adjacent to an activating group) is 1. The second-order valence-corrected chi connectivity index (χ2v) is 4.52. The predicted octanol–water partition coefficient (Wildman–Crippen LogP) is 1.82. The van der Waals surface area contributed by atoms with Gasteiger partial charge in [0.1, 0.15) is 0 Å². The maximum Gasteiger partial charge on any atom is 0.0544 e. The van der Waals surface area contributed by atoms with Crippen LogP contribution >= 0.6 is 0 Å². The van der Waals surface area contributed by atoms with Gasteiger partial charge in [0.05, 0.1) is 5.69 Å². The Labute approximate surface area is 98.9 Å². The van der Waals surface area contributed by atoms with Crippen molar-refractivity contribution < 1.29 is 0 Å². The Hall–Kier alpha value is -0.930. The summed E-state index contributed by atoms with van der Waals surface area (Å²) in [5.41, 5.74) is 2.20. The molecule has 0 aliphatic heterocycles. The first kappa shape index (κ1) is 13.1. The summed E-state index contributed by atoms with van der Waals surface area (Å²) < 4.78 is 0. The van der Waals surface area contributed by atoms with Crippen LogP contribution in [0.5, 0.6) is 0 Å². The third-order valence-electron chi connectivity index (χ3n) is 2.77. The third-order valence-corrected chi connectivity index (χ3v) is 2.77. The topological polar surface area (TPSA) is 28.2 Å². The fraction of sp³-hybridized carbons (Fsp3) is 0.615. The molecule has 0 atom stereocenters. The van der Waals surface area contributed by atoms with E-state index in [9.17, 15) is 0 Å². The molecule has 0 radical (unpaired) electrons. The highest BCUT2D eigenvalue weighted by Crippen LogP contribution is 1.97. The van der Waals surface area contributed by atoms with Gasteiger partial charge in [0, 0.05) is 31.4 Å². The fourth-order valence-corrected chi connectivity index (χ4v) is 1.43. The van der Waals surface area contributed by atoms with E-state index in [1.54, 1.807) is 0 Å². The molecular formula is C13H23N3. The molecule has 90 valence electrons. The standard InChI is InChI=1S/C13H23N3/c1-11(2)16(4)9-8-14-10-13-7-5-6-12(3)15-13/h5-7,11,14H,8-10H2,1-4H3. The van der Waals surface area contributed by atoms with Crippen LogP contribution in [0.25, 0.3) is 0 Å². The Morgan fingerprint density at radius 1 is 1.38 bits per heavy atom. The van der Waals surface area contributed by atoms with Crippen molar-refractivity contribution in [2.75, 3.05) is 20.1 Å². The molecule has 0 amide bonds. The zero-order valence-corrected chi connectivity index (χ0v) is 10.8. The van der Waals surface area contributed by atoms with Gasteiger partial charge in [0.2, 0.25) is 0 Å². The van der Waals surface area contributed by atoms with Crippen LogP contribution in [0, 0.1) is 6.92 Å². The molecule has 1 aromatic heterocycles. The van der Waals surface area contributed by atoms with Crippen LogP contribution < -0.4 is 5.32 Å². The minimum atomic E-state index is 0.610. The first-order chi connectivity index (χ1) is 7.59. The van der Waals surface area contributed by atoms with E-state index in [4.69, 9.17) is 0 Å². The van der Waals surface area contributed by atoms with Crippen LogP contribution in [0.1, 0.15) is 25.2 Å². The lowest BCUT2D eigenvalue weighted by molar-refractivity contribution is 0.273. The van der Waals surface area contributed by atoms with Crippen molar-refractivity contribution in [2.45, 2.75) is 33.4 Å². The summed E-state index contributed by atoms with van der Waals surface area (Å²) in [5.74, 6) is 0. The Bertz CT molecular complexity index is 310. The van der Waals surface area contributed by atoms with E-state index in [1.807, 2.05) is 13.0 Å². The van der Waals surface area contributed by atoms with Crippen molar-refractivity contribution >= 4 is 0 Å². The number of aryl methyl sites for hydroxylation is 1. The average molecular weight is 221 g/mol. The smallest absolute Gasteiger partial charge is 0.0544 e. The van der Waals surface area contributed by atoms with Crippen molar-refractivity contribution in [1.82, 2.24) is 15.2 Å². The van der Waals surface area contributed by atoms with Crippen molar-refractivity contribution in [3.63, 3.8) is 0 Å². The third kappa shape index (κ3) is 4.73. The van der Waals surface area contributed by atoms with E-state index in [-0.39, 0.29) is 0 Å². The number of rotatable bonds is 6. The zero-order valence-electron chi connectivity index (χ0n) is 10.8. The Kier molecular flexibility index (Phi) is 5.43. The number of aromatic nitrogens is 1. The molecule has 1 N–H and O–H groups in total. The highest BCUT2D eigenvalue weighted by molar-refractivity contribution is 5.09. The number of hydrogen-bond acceptors (Lipinski definition) is 3. The molecule has 1 heterocycles. The first-order valence-electron chi connectivity index (χ1n) is 5.93. The molecule has 1 aromatic rings. The Morgan fingerprint density at radius 2 is 2.12 bits per heavy atom. The molecule has 0 aliphatic carbocycles. The van der Waals surface area contributed by atoms with Crippen LogP contribution in [0.15, 0.2) is 18.2 Å². The van der Waals surface area contributed by atoms with Gasteiger partial charge >= 0.3 is 0 Å². The first-order valence-corrected chi connectivity index (χ1v) is 5.93. The maximum absolute atomic E-state index is 4.45. The molecule has 0 saturated carbocycles. The Morgan fingerprint density at radius 3 is 2.75 bits per heavy atom. The summed E-state index contributed by atoms with van der Waals surface area (Å²) in [5, 5.41) is 3.41. The molecule has 0 fully saturated rings. The normalized spacial score (nSPS) is 11.4.